The van der Waals surface area contributed by atoms with Crippen molar-refractivity contribution in [3.8, 4) is 5.75 Å². The van der Waals surface area contributed by atoms with E-state index < -0.39 is 0 Å². The Morgan fingerprint density at radius 3 is 2.58 bits per heavy atom. The van der Waals surface area contributed by atoms with Crippen molar-refractivity contribution in [3.05, 3.63) is 41.2 Å². The van der Waals surface area contributed by atoms with Crippen molar-refractivity contribution < 1.29 is 9.53 Å². The molecule has 0 aliphatic carbocycles. The van der Waals surface area contributed by atoms with E-state index in [9.17, 15) is 4.79 Å². The molecule has 0 unspecified atom stereocenters. The van der Waals surface area contributed by atoms with Crippen LogP contribution in [-0.4, -0.2) is 22.7 Å². The second-order valence-corrected chi connectivity index (χ2v) is 4.55. The zero-order valence-corrected chi connectivity index (χ0v) is 11.3. The zero-order valence-electron chi connectivity index (χ0n) is 11.3. The van der Waals surface area contributed by atoms with E-state index in [0.29, 0.717) is 5.69 Å². The van der Waals surface area contributed by atoms with Gasteiger partial charge in [0, 0.05) is 6.20 Å². The second-order valence-electron chi connectivity index (χ2n) is 4.55. The normalized spacial score (nSPS) is 10.3. The molecule has 2 rings (SSSR count). The number of hydrogen-bond acceptors (Lipinski definition) is 3. The lowest BCUT2D eigenvalue weighted by molar-refractivity contribution is -0.118. The van der Waals surface area contributed by atoms with E-state index in [1.165, 1.54) is 5.56 Å². The van der Waals surface area contributed by atoms with E-state index in [1.807, 2.05) is 32.9 Å². The molecule has 0 aliphatic rings. The average Bonchev–Trinajstić information content (AvgIpc) is 2.80. The summed E-state index contributed by atoms with van der Waals surface area (Å²) in [4.78, 5) is 11.7. The Hall–Kier alpha value is -2.30. The van der Waals surface area contributed by atoms with Gasteiger partial charge in [-0.05, 0) is 31.9 Å². The number of nitrogens with zero attached hydrogens (tertiary/aromatic N) is 1. The largest absolute Gasteiger partial charge is 0.483 e. The fourth-order valence-corrected chi connectivity index (χ4v) is 2.05. The summed E-state index contributed by atoms with van der Waals surface area (Å²) in [5.41, 5.74) is 3.89. The first-order valence-corrected chi connectivity index (χ1v) is 6.05. The quantitative estimate of drug-likeness (QED) is 0.885. The molecule has 1 amide bonds. The minimum Gasteiger partial charge on any atom is -0.483 e. The Bertz CT molecular complexity index is 553. The Balaban J connectivity index is 1.97. The van der Waals surface area contributed by atoms with Crippen molar-refractivity contribution >= 4 is 11.6 Å². The van der Waals surface area contributed by atoms with Crippen molar-refractivity contribution in [1.29, 1.82) is 0 Å². The molecule has 0 aliphatic heterocycles. The van der Waals surface area contributed by atoms with Gasteiger partial charge in [0.25, 0.3) is 5.91 Å². The van der Waals surface area contributed by atoms with Gasteiger partial charge >= 0.3 is 0 Å². The van der Waals surface area contributed by atoms with Gasteiger partial charge in [0.15, 0.2) is 6.61 Å². The maximum absolute atomic E-state index is 11.7. The van der Waals surface area contributed by atoms with Crippen molar-refractivity contribution in [1.82, 2.24) is 10.2 Å². The number of anilines is 1. The molecule has 1 aromatic carbocycles. The summed E-state index contributed by atoms with van der Waals surface area (Å²) in [7, 11) is 0. The number of ether oxygens (including phenoxy) is 1. The highest BCUT2D eigenvalue weighted by Gasteiger charge is 2.08. The van der Waals surface area contributed by atoms with Crippen LogP contribution >= 0.6 is 0 Å². The van der Waals surface area contributed by atoms with Crippen LogP contribution in [-0.2, 0) is 4.79 Å². The SMILES string of the molecule is Cc1cc(C)c(OCC(=O)Nc2cn[nH]c2)c(C)c1. The number of carbonyl (C=O) groups is 1. The Morgan fingerprint density at radius 1 is 1.32 bits per heavy atom. The monoisotopic (exact) mass is 259 g/mol. The molecule has 0 bridgehead atoms. The van der Waals surface area contributed by atoms with Gasteiger partial charge in [-0.15, -0.1) is 0 Å². The summed E-state index contributed by atoms with van der Waals surface area (Å²) in [6, 6.07) is 4.08. The topological polar surface area (TPSA) is 67.0 Å². The highest BCUT2D eigenvalue weighted by molar-refractivity contribution is 5.91. The molecule has 2 N–H and O–H groups in total. The van der Waals surface area contributed by atoms with Gasteiger partial charge in [-0.1, -0.05) is 17.7 Å². The maximum Gasteiger partial charge on any atom is 0.262 e. The number of benzene rings is 1. The van der Waals surface area contributed by atoms with Crippen LogP contribution in [0.3, 0.4) is 0 Å². The van der Waals surface area contributed by atoms with Gasteiger partial charge in [0.05, 0.1) is 11.9 Å². The van der Waals surface area contributed by atoms with Crippen LogP contribution in [0.1, 0.15) is 16.7 Å². The van der Waals surface area contributed by atoms with Crippen LogP contribution in [0.15, 0.2) is 24.5 Å². The first-order chi connectivity index (χ1) is 9.06. The lowest BCUT2D eigenvalue weighted by Gasteiger charge is -2.12. The lowest BCUT2D eigenvalue weighted by atomic mass is 10.1. The highest BCUT2D eigenvalue weighted by Crippen LogP contribution is 2.24. The third-order valence-corrected chi connectivity index (χ3v) is 2.73. The number of rotatable bonds is 4. The van der Waals surface area contributed by atoms with Gasteiger partial charge in [0.1, 0.15) is 5.75 Å². The number of aromatic nitrogens is 2. The number of aryl methyl sites for hydroxylation is 3. The molecular formula is C14H17N3O2. The Morgan fingerprint density at radius 2 is 2.00 bits per heavy atom. The van der Waals surface area contributed by atoms with Crippen LogP contribution in [0.5, 0.6) is 5.75 Å². The van der Waals surface area contributed by atoms with Crippen LogP contribution < -0.4 is 10.1 Å². The number of aromatic amines is 1. The average molecular weight is 259 g/mol. The molecule has 0 saturated carbocycles. The van der Waals surface area contributed by atoms with E-state index in [-0.39, 0.29) is 12.5 Å². The van der Waals surface area contributed by atoms with Crippen LogP contribution in [0, 0.1) is 20.8 Å². The molecule has 19 heavy (non-hydrogen) atoms. The fourth-order valence-electron chi connectivity index (χ4n) is 2.05. The van der Waals surface area contributed by atoms with Gasteiger partial charge in [0.2, 0.25) is 0 Å². The van der Waals surface area contributed by atoms with Crippen molar-refractivity contribution in [2.24, 2.45) is 0 Å². The number of nitrogens with one attached hydrogen (secondary N) is 2. The van der Waals surface area contributed by atoms with Gasteiger partial charge in [-0.2, -0.15) is 5.10 Å². The second kappa shape index (κ2) is 5.56. The van der Waals surface area contributed by atoms with Crippen LogP contribution in [0.4, 0.5) is 5.69 Å². The third kappa shape index (κ3) is 3.34. The van der Waals surface area contributed by atoms with Gasteiger partial charge in [-0.3, -0.25) is 9.89 Å². The molecule has 0 radical (unpaired) electrons. The summed E-state index contributed by atoms with van der Waals surface area (Å²) < 4.78 is 5.59. The smallest absolute Gasteiger partial charge is 0.262 e. The molecule has 1 heterocycles. The molecule has 5 nitrogen and oxygen atoms in total. The molecule has 5 heteroatoms. The van der Waals surface area contributed by atoms with Crippen molar-refractivity contribution in [2.75, 3.05) is 11.9 Å². The fraction of sp³-hybridized carbons (Fsp3) is 0.286. The first-order valence-electron chi connectivity index (χ1n) is 6.05. The van der Waals surface area contributed by atoms with Crippen molar-refractivity contribution in [3.63, 3.8) is 0 Å². The number of amides is 1. The minimum absolute atomic E-state index is 0.0179. The molecule has 1 aromatic heterocycles. The number of H-pyrrole nitrogens is 1. The lowest BCUT2D eigenvalue weighted by Crippen LogP contribution is -2.20. The van der Waals surface area contributed by atoms with Crippen LogP contribution in [0.25, 0.3) is 0 Å². The van der Waals surface area contributed by atoms with Crippen LogP contribution in [0.2, 0.25) is 0 Å². The molecule has 0 spiro atoms. The Kier molecular flexibility index (Phi) is 3.85. The zero-order chi connectivity index (χ0) is 13.8. The summed E-state index contributed by atoms with van der Waals surface area (Å²) in [6.07, 6.45) is 3.15. The molecular weight excluding hydrogens is 242 g/mol. The molecule has 0 saturated heterocycles. The number of carbonyl (C=O) groups excluding carboxylic acids is 1. The van der Waals surface area contributed by atoms with E-state index >= 15 is 0 Å². The molecule has 2 aromatic rings. The van der Waals surface area contributed by atoms with Gasteiger partial charge < -0.3 is 10.1 Å². The molecule has 100 valence electrons. The standard InChI is InChI=1S/C14H17N3O2/c1-9-4-10(2)14(11(3)5-9)19-8-13(18)17-12-6-15-16-7-12/h4-7H,8H2,1-3H3,(H,15,16)(H,17,18). The van der Waals surface area contributed by atoms with E-state index in [1.54, 1.807) is 12.4 Å². The summed E-state index contributed by atoms with van der Waals surface area (Å²) in [5, 5.41) is 9.06. The highest BCUT2D eigenvalue weighted by atomic mass is 16.5. The molecule has 0 fully saturated rings. The summed E-state index contributed by atoms with van der Waals surface area (Å²) in [5.74, 6) is 0.564. The molecule has 0 atom stereocenters. The summed E-state index contributed by atoms with van der Waals surface area (Å²) in [6.45, 7) is 5.97. The Labute approximate surface area is 112 Å². The van der Waals surface area contributed by atoms with E-state index in [2.05, 4.69) is 15.5 Å². The first kappa shape index (κ1) is 13.1. The van der Waals surface area contributed by atoms with Gasteiger partial charge in [-0.25, -0.2) is 0 Å². The minimum atomic E-state index is -0.208. The van der Waals surface area contributed by atoms with Crippen molar-refractivity contribution in [2.45, 2.75) is 20.8 Å². The predicted molar refractivity (Wildman–Crippen MR) is 73.4 cm³/mol. The third-order valence-electron chi connectivity index (χ3n) is 2.73. The summed E-state index contributed by atoms with van der Waals surface area (Å²) >= 11 is 0. The predicted octanol–water partition coefficient (Wildman–Crippen LogP) is 2.35. The maximum atomic E-state index is 11.7. The number of hydrogen-bond donors (Lipinski definition) is 2. The van der Waals surface area contributed by atoms with E-state index in [4.69, 9.17) is 4.74 Å². The van der Waals surface area contributed by atoms with E-state index in [0.717, 1.165) is 16.9 Å².